The number of carboxylic acids is 1. The number of nitrogens with zero attached hydrogens (tertiary/aromatic N) is 2. The molecule has 1 heterocycles. The van der Waals surface area contributed by atoms with Crippen molar-refractivity contribution in [3.8, 4) is 0 Å². The number of benzene rings is 1. The second-order valence-electron chi connectivity index (χ2n) is 9.24. The molecule has 1 aromatic carbocycles. The molecule has 1 saturated carbocycles. The van der Waals surface area contributed by atoms with Crippen molar-refractivity contribution >= 4 is 23.7 Å². The van der Waals surface area contributed by atoms with Gasteiger partial charge in [-0.15, -0.1) is 0 Å². The molecule has 2 atom stereocenters. The number of aromatic nitrogens is 2. The lowest BCUT2D eigenvalue weighted by molar-refractivity contribution is -0.141. The third-order valence-corrected chi connectivity index (χ3v) is 6.63. The average molecular weight is 498 g/mol. The minimum Gasteiger partial charge on any atom is -0.480 e. The van der Waals surface area contributed by atoms with Gasteiger partial charge >= 0.3 is 5.97 Å². The van der Waals surface area contributed by atoms with E-state index in [-0.39, 0.29) is 43.0 Å². The summed E-state index contributed by atoms with van der Waals surface area (Å²) in [5, 5.41) is 21.8. The summed E-state index contributed by atoms with van der Waals surface area (Å²) < 4.78 is 1.48. The standard InChI is InChI=1S/C26H35N5O5/c1-3-22(32)29-20(26(35)36)15-17-9-11-18(12-10-17)16-27-25(34)23(19-7-5-4-6-8-19)30-24(33)21-13-14-28-31(21)2/h9-14,19-20,23H,3-8,15-16H2,1-2H3,(H,27,34)(H,29,32)(H,30,33)(H,35,36)/t20-,23?/m1/s1. The lowest BCUT2D eigenvalue weighted by Crippen LogP contribution is -2.51. The molecule has 1 unspecified atom stereocenters. The van der Waals surface area contributed by atoms with Crippen molar-refractivity contribution < 1.29 is 24.3 Å². The fraction of sp³-hybridized carbons (Fsp3) is 0.500. The molecule has 0 saturated heterocycles. The molecule has 1 fully saturated rings. The first-order chi connectivity index (χ1) is 17.3. The molecule has 3 amide bonds. The van der Waals surface area contributed by atoms with Gasteiger partial charge in [0, 0.05) is 32.6 Å². The first-order valence-electron chi connectivity index (χ1n) is 12.4. The molecule has 0 aliphatic heterocycles. The minimum atomic E-state index is -1.09. The zero-order valence-corrected chi connectivity index (χ0v) is 20.8. The lowest BCUT2D eigenvalue weighted by Gasteiger charge is -2.30. The highest BCUT2D eigenvalue weighted by atomic mass is 16.4. The summed E-state index contributed by atoms with van der Waals surface area (Å²) in [6.45, 7) is 1.94. The highest BCUT2D eigenvalue weighted by Gasteiger charge is 2.31. The molecule has 10 nitrogen and oxygen atoms in total. The Bertz CT molecular complexity index is 1060. The maximum absolute atomic E-state index is 13.2. The topological polar surface area (TPSA) is 142 Å². The van der Waals surface area contributed by atoms with Crippen LogP contribution >= 0.6 is 0 Å². The molecule has 1 aliphatic rings. The van der Waals surface area contributed by atoms with E-state index in [0.29, 0.717) is 5.69 Å². The predicted octanol–water partition coefficient (Wildman–Crippen LogP) is 1.94. The molecule has 10 heteroatoms. The third-order valence-electron chi connectivity index (χ3n) is 6.63. The number of carbonyl (C=O) groups is 4. The van der Waals surface area contributed by atoms with Gasteiger partial charge in [-0.25, -0.2) is 4.79 Å². The van der Waals surface area contributed by atoms with Crippen molar-refractivity contribution in [2.75, 3.05) is 0 Å². The Morgan fingerprint density at radius 1 is 1.03 bits per heavy atom. The maximum atomic E-state index is 13.2. The van der Waals surface area contributed by atoms with E-state index >= 15 is 0 Å². The van der Waals surface area contributed by atoms with Crippen LogP contribution in [-0.2, 0) is 34.4 Å². The van der Waals surface area contributed by atoms with E-state index in [0.717, 1.165) is 43.2 Å². The minimum absolute atomic E-state index is 0.0737. The van der Waals surface area contributed by atoms with Gasteiger partial charge < -0.3 is 21.1 Å². The van der Waals surface area contributed by atoms with Crippen LogP contribution in [0.15, 0.2) is 36.5 Å². The quantitative estimate of drug-likeness (QED) is 0.374. The monoisotopic (exact) mass is 497 g/mol. The number of aliphatic carboxylic acids is 1. The molecule has 0 radical (unpaired) electrons. The third kappa shape index (κ3) is 7.40. The Labute approximate surface area is 210 Å². The molecular weight excluding hydrogens is 462 g/mol. The highest BCUT2D eigenvalue weighted by molar-refractivity contribution is 5.96. The van der Waals surface area contributed by atoms with Crippen molar-refractivity contribution in [2.24, 2.45) is 13.0 Å². The van der Waals surface area contributed by atoms with Crippen LogP contribution in [0.25, 0.3) is 0 Å². The van der Waals surface area contributed by atoms with Crippen LogP contribution in [0.1, 0.15) is 67.1 Å². The second-order valence-corrected chi connectivity index (χ2v) is 9.24. The Hall–Kier alpha value is -3.69. The summed E-state index contributed by atoms with van der Waals surface area (Å²) in [6, 6.07) is 7.21. The van der Waals surface area contributed by atoms with Crippen molar-refractivity contribution in [3.63, 3.8) is 0 Å². The predicted molar refractivity (Wildman–Crippen MR) is 133 cm³/mol. The maximum Gasteiger partial charge on any atom is 0.326 e. The molecule has 0 bridgehead atoms. The fourth-order valence-electron chi connectivity index (χ4n) is 4.50. The lowest BCUT2D eigenvalue weighted by atomic mass is 9.83. The van der Waals surface area contributed by atoms with Gasteiger partial charge in [-0.05, 0) is 36.0 Å². The SMILES string of the molecule is CCC(=O)N[C@H](Cc1ccc(CNC(=O)C(NC(=O)c2ccnn2C)C2CCCCC2)cc1)C(=O)O. The number of carboxylic acid groups (broad SMARTS) is 1. The number of hydrogen-bond acceptors (Lipinski definition) is 5. The normalized spacial score (nSPS) is 15.5. The molecule has 36 heavy (non-hydrogen) atoms. The van der Waals surface area contributed by atoms with E-state index in [9.17, 15) is 24.3 Å². The zero-order chi connectivity index (χ0) is 26.1. The number of rotatable bonds is 11. The van der Waals surface area contributed by atoms with Crippen molar-refractivity contribution in [3.05, 3.63) is 53.3 Å². The zero-order valence-electron chi connectivity index (χ0n) is 20.8. The van der Waals surface area contributed by atoms with E-state index in [1.54, 1.807) is 38.4 Å². The summed E-state index contributed by atoms with van der Waals surface area (Å²) in [4.78, 5) is 49.0. The van der Waals surface area contributed by atoms with Crippen LogP contribution in [0.4, 0.5) is 0 Å². The van der Waals surface area contributed by atoms with Gasteiger partial charge in [-0.2, -0.15) is 5.10 Å². The molecule has 1 aromatic heterocycles. The molecular formula is C26H35N5O5. The second kappa shape index (κ2) is 12.9. The van der Waals surface area contributed by atoms with E-state index in [2.05, 4.69) is 21.0 Å². The Kier molecular flexibility index (Phi) is 9.61. The van der Waals surface area contributed by atoms with Crippen LogP contribution in [0, 0.1) is 5.92 Å². The van der Waals surface area contributed by atoms with Crippen molar-refractivity contribution in [1.29, 1.82) is 0 Å². The van der Waals surface area contributed by atoms with Crippen molar-refractivity contribution in [1.82, 2.24) is 25.7 Å². The summed E-state index contributed by atoms with van der Waals surface area (Å²) in [6.07, 6.45) is 6.91. The number of hydrogen-bond donors (Lipinski definition) is 4. The van der Waals surface area contributed by atoms with Gasteiger partial charge in [-0.3, -0.25) is 19.1 Å². The average Bonchev–Trinajstić information content (AvgIpc) is 3.32. The van der Waals surface area contributed by atoms with Crippen molar-refractivity contribution in [2.45, 2.75) is 70.5 Å². The smallest absolute Gasteiger partial charge is 0.326 e. The van der Waals surface area contributed by atoms with Gasteiger partial charge in [-0.1, -0.05) is 50.5 Å². The summed E-state index contributed by atoms with van der Waals surface area (Å²) in [5.74, 6) is -1.88. The van der Waals surface area contributed by atoms with Crippen LogP contribution in [-0.4, -0.2) is 50.7 Å². The summed E-state index contributed by atoms with van der Waals surface area (Å²) in [7, 11) is 1.69. The summed E-state index contributed by atoms with van der Waals surface area (Å²) >= 11 is 0. The van der Waals surface area contributed by atoms with Crippen LogP contribution in [0.5, 0.6) is 0 Å². The Morgan fingerprint density at radius 3 is 2.28 bits per heavy atom. The molecule has 2 aromatic rings. The van der Waals surface area contributed by atoms with Crippen LogP contribution in [0.2, 0.25) is 0 Å². The molecule has 1 aliphatic carbocycles. The molecule has 0 spiro atoms. The Balaban J connectivity index is 1.61. The van der Waals surface area contributed by atoms with Gasteiger partial charge in [0.15, 0.2) is 0 Å². The van der Waals surface area contributed by atoms with Gasteiger partial charge in [0.05, 0.1) is 0 Å². The number of carbonyl (C=O) groups excluding carboxylic acids is 3. The number of amides is 3. The fourth-order valence-corrected chi connectivity index (χ4v) is 4.50. The summed E-state index contributed by atoms with van der Waals surface area (Å²) in [5.41, 5.74) is 2.00. The highest BCUT2D eigenvalue weighted by Crippen LogP contribution is 2.27. The molecule has 4 N–H and O–H groups in total. The van der Waals surface area contributed by atoms with Gasteiger partial charge in [0.1, 0.15) is 17.8 Å². The Morgan fingerprint density at radius 2 is 1.69 bits per heavy atom. The van der Waals surface area contributed by atoms with E-state index in [4.69, 9.17) is 0 Å². The number of aryl methyl sites for hydroxylation is 1. The van der Waals surface area contributed by atoms with Gasteiger partial charge in [0.25, 0.3) is 5.91 Å². The van der Waals surface area contributed by atoms with Crippen LogP contribution in [0.3, 0.4) is 0 Å². The van der Waals surface area contributed by atoms with E-state index in [1.165, 1.54) is 4.68 Å². The molecule has 194 valence electrons. The largest absolute Gasteiger partial charge is 0.480 e. The first kappa shape index (κ1) is 26.9. The van der Waals surface area contributed by atoms with E-state index in [1.807, 2.05) is 12.1 Å². The number of nitrogens with one attached hydrogen (secondary N) is 3. The van der Waals surface area contributed by atoms with Crippen LogP contribution < -0.4 is 16.0 Å². The van der Waals surface area contributed by atoms with Gasteiger partial charge in [0.2, 0.25) is 11.8 Å². The van der Waals surface area contributed by atoms with E-state index < -0.39 is 18.1 Å². The first-order valence-corrected chi connectivity index (χ1v) is 12.4. The molecule has 3 rings (SSSR count).